The second kappa shape index (κ2) is 11.3. The summed E-state index contributed by atoms with van der Waals surface area (Å²) in [5.74, 6) is 0.358. The normalized spacial score (nSPS) is 23.0. The molecule has 1 unspecified atom stereocenters. The number of nitrogens with zero attached hydrogens (tertiary/aromatic N) is 5. The van der Waals surface area contributed by atoms with Gasteiger partial charge in [0.15, 0.2) is 5.65 Å². The lowest BCUT2D eigenvalue weighted by Crippen LogP contribution is -2.44. The first kappa shape index (κ1) is 27.1. The molecular weight excluding hydrogens is 521 g/mol. The first-order chi connectivity index (χ1) is 18.3. The summed E-state index contributed by atoms with van der Waals surface area (Å²) in [4.78, 5) is 24.2. The highest BCUT2D eigenvalue weighted by atomic mass is 35.5. The van der Waals surface area contributed by atoms with Crippen LogP contribution in [0.25, 0.3) is 16.7 Å². The molecule has 1 aliphatic heterocycles. The molecule has 3 aromatic rings. The quantitative estimate of drug-likeness (QED) is 0.304. The predicted molar refractivity (Wildman–Crippen MR) is 151 cm³/mol. The number of halogens is 2. The average molecular weight is 557 g/mol. The molecule has 4 atom stereocenters. The summed E-state index contributed by atoms with van der Waals surface area (Å²) in [6.07, 6.45) is 9.83. The number of ether oxygens (including phenoxy) is 1. The number of carbonyl (C=O) groups is 1. The van der Waals surface area contributed by atoms with Gasteiger partial charge in [0, 0.05) is 28.5 Å². The molecular formula is C29H35Cl2N5O2. The lowest BCUT2D eigenvalue weighted by atomic mass is 9.83. The summed E-state index contributed by atoms with van der Waals surface area (Å²) < 4.78 is 6.79. The number of methoxy groups -OCH3 is 1. The van der Waals surface area contributed by atoms with Gasteiger partial charge in [-0.3, -0.25) is 9.69 Å². The third kappa shape index (κ3) is 5.33. The number of allylic oxidation sites excluding steroid dienone is 1. The topological polar surface area (TPSA) is 73.1 Å². The third-order valence-corrected chi connectivity index (χ3v) is 8.80. The number of hydrogen-bond donors (Lipinski definition) is 0. The standard InChI is InChI=1S/C29H35Cl2N5O2/c1-17-14-20(7-11-26(17)35-13-5-6-22(35)9-12-27(37)38-4)25-16-32-28-18(2)34-36(29(28)33-25)19(3)23-10-8-21(30)15-24(23)31/h7-8,10,15-17,19,22,26H,5-6,9,11-14H2,1-4H3/t17-,19-,22+,26?/m1/s1. The van der Waals surface area contributed by atoms with E-state index in [1.807, 2.05) is 29.9 Å². The molecule has 2 aromatic heterocycles. The number of fused-ring (bicyclic) bond motifs is 1. The Labute approximate surface area is 234 Å². The molecule has 0 N–H and O–H groups in total. The predicted octanol–water partition coefficient (Wildman–Crippen LogP) is 6.65. The van der Waals surface area contributed by atoms with Crippen LogP contribution in [0.4, 0.5) is 0 Å². The van der Waals surface area contributed by atoms with Crippen LogP contribution in [0.2, 0.25) is 10.0 Å². The highest BCUT2D eigenvalue weighted by molar-refractivity contribution is 6.35. The number of carbonyl (C=O) groups excluding carboxylic acids is 1. The zero-order valence-corrected chi connectivity index (χ0v) is 24.0. The SMILES string of the molecule is COC(=O)CC[C@@H]1CCCN1C1CC=C(c2cnc3c(C)nn([C@H](C)c4ccc(Cl)cc4Cl)c3n2)C[C@H]1C. The monoisotopic (exact) mass is 555 g/mol. The maximum Gasteiger partial charge on any atom is 0.305 e. The average Bonchev–Trinajstić information content (AvgIpc) is 3.50. The van der Waals surface area contributed by atoms with Gasteiger partial charge in [-0.25, -0.2) is 14.6 Å². The summed E-state index contributed by atoms with van der Waals surface area (Å²) in [6, 6.07) is 6.35. The third-order valence-electron chi connectivity index (χ3n) is 8.24. The van der Waals surface area contributed by atoms with E-state index in [1.54, 1.807) is 6.07 Å². The van der Waals surface area contributed by atoms with Crippen molar-refractivity contribution in [3.8, 4) is 0 Å². The molecule has 1 aliphatic carbocycles. The zero-order valence-electron chi connectivity index (χ0n) is 22.5. The Morgan fingerprint density at radius 2 is 2.11 bits per heavy atom. The molecule has 0 saturated carbocycles. The van der Waals surface area contributed by atoms with Crippen molar-refractivity contribution in [2.45, 2.75) is 77.4 Å². The first-order valence-electron chi connectivity index (χ1n) is 13.5. The van der Waals surface area contributed by atoms with E-state index in [0.717, 1.165) is 60.3 Å². The Morgan fingerprint density at radius 3 is 2.84 bits per heavy atom. The van der Waals surface area contributed by atoms with Crippen LogP contribution in [-0.4, -0.2) is 56.4 Å². The van der Waals surface area contributed by atoms with Crippen LogP contribution in [0.1, 0.15) is 75.4 Å². The molecule has 1 fully saturated rings. The maximum atomic E-state index is 11.7. The molecule has 0 radical (unpaired) electrons. The fourth-order valence-corrected chi connectivity index (χ4v) is 6.74. The lowest BCUT2D eigenvalue weighted by Gasteiger charge is -2.39. The van der Waals surface area contributed by atoms with Gasteiger partial charge in [-0.2, -0.15) is 5.10 Å². The molecule has 0 spiro atoms. The van der Waals surface area contributed by atoms with Crippen LogP contribution in [-0.2, 0) is 9.53 Å². The summed E-state index contributed by atoms with van der Waals surface area (Å²) in [5.41, 5.74) is 5.48. The number of aryl methyl sites for hydroxylation is 1. The summed E-state index contributed by atoms with van der Waals surface area (Å²) in [6.45, 7) is 7.45. The largest absolute Gasteiger partial charge is 0.469 e. The van der Waals surface area contributed by atoms with Crippen LogP contribution < -0.4 is 0 Å². The molecule has 7 nitrogen and oxygen atoms in total. The van der Waals surface area contributed by atoms with Crippen molar-refractivity contribution >= 4 is 45.9 Å². The number of aromatic nitrogens is 4. The van der Waals surface area contributed by atoms with Crippen molar-refractivity contribution in [1.82, 2.24) is 24.6 Å². The number of benzene rings is 1. The maximum absolute atomic E-state index is 11.7. The number of hydrogen-bond acceptors (Lipinski definition) is 6. The van der Waals surface area contributed by atoms with Crippen molar-refractivity contribution in [3.63, 3.8) is 0 Å². The van der Waals surface area contributed by atoms with Gasteiger partial charge < -0.3 is 4.74 Å². The molecule has 3 heterocycles. The van der Waals surface area contributed by atoms with Gasteiger partial charge >= 0.3 is 5.97 Å². The Kier molecular flexibility index (Phi) is 8.08. The van der Waals surface area contributed by atoms with Crippen molar-refractivity contribution in [3.05, 3.63) is 57.5 Å². The second-order valence-electron chi connectivity index (χ2n) is 10.7. The van der Waals surface area contributed by atoms with E-state index in [4.69, 9.17) is 43.0 Å². The van der Waals surface area contributed by atoms with Crippen LogP contribution >= 0.6 is 23.2 Å². The van der Waals surface area contributed by atoms with Gasteiger partial charge in [0.1, 0.15) is 5.52 Å². The molecule has 9 heteroatoms. The molecule has 5 rings (SSSR count). The van der Waals surface area contributed by atoms with Crippen LogP contribution in [0.15, 0.2) is 30.5 Å². The van der Waals surface area contributed by atoms with Crippen molar-refractivity contribution in [2.24, 2.45) is 5.92 Å². The number of esters is 1. The van der Waals surface area contributed by atoms with E-state index < -0.39 is 0 Å². The number of likely N-dealkylation sites (tertiary alicyclic amines) is 1. The molecule has 1 aromatic carbocycles. The van der Waals surface area contributed by atoms with E-state index in [9.17, 15) is 4.79 Å². The van der Waals surface area contributed by atoms with E-state index in [-0.39, 0.29) is 12.0 Å². The van der Waals surface area contributed by atoms with E-state index in [2.05, 4.69) is 24.8 Å². The highest BCUT2D eigenvalue weighted by Crippen LogP contribution is 2.37. The first-order valence-corrected chi connectivity index (χ1v) is 14.2. The van der Waals surface area contributed by atoms with Crippen molar-refractivity contribution < 1.29 is 9.53 Å². The molecule has 0 amide bonds. The Bertz CT molecular complexity index is 1370. The van der Waals surface area contributed by atoms with Gasteiger partial charge in [-0.1, -0.05) is 42.3 Å². The lowest BCUT2D eigenvalue weighted by molar-refractivity contribution is -0.141. The molecule has 2 aliphatic rings. The summed E-state index contributed by atoms with van der Waals surface area (Å²) >= 11 is 12.6. The minimum Gasteiger partial charge on any atom is -0.469 e. The molecule has 0 bridgehead atoms. The number of rotatable bonds is 7. The van der Waals surface area contributed by atoms with Gasteiger partial charge in [0.05, 0.1) is 30.7 Å². The van der Waals surface area contributed by atoms with E-state index in [1.165, 1.54) is 19.1 Å². The minimum atomic E-state index is -0.124. The highest BCUT2D eigenvalue weighted by Gasteiger charge is 2.35. The Balaban J connectivity index is 1.38. The molecule has 1 saturated heterocycles. The van der Waals surface area contributed by atoms with Crippen LogP contribution in [0.5, 0.6) is 0 Å². The minimum absolute atomic E-state index is 0.119. The van der Waals surface area contributed by atoms with E-state index in [0.29, 0.717) is 34.5 Å². The van der Waals surface area contributed by atoms with Crippen LogP contribution in [0, 0.1) is 12.8 Å². The summed E-state index contributed by atoms with van der Waals surface area (Å²) in [5, 5.41) is 6.00. The molecule has 202 valence electrons. The Morgan fingerprint density at radius 1 is 1.29 bits per heavy atom. The summed E-state index contributed by atoms with van der Waals surface area (Å²) in [7, 11) is 1.46. The van der Waals surface area contributed by atoms with Gasteiger partial charge in [-0.05, 0) is 81.7 Å². The second-order valence-corrected chi connectivity index (χ2v) is 11.5. The fraction of sp³-hybridized carbons (Fsp3) is 0.517. The van der Waals surface area contributed by atoms with Crippen molar-refractivity contribution in [1.29, 1.82) is 0 Å². The van der Waals surface area contributed by atoms with E-state index >= 15 is 0 Å². The van der Waals surface area contributed by atoms with Crippen molar-refractivity contribution in [2.75, 3.05) is 13.7 Å². The molecule has 38 heavy (non-hydrogen) atoms. The zero-order chi connectivity index (χ0) is 27.0. The smallest absolute Gasteiger partial charge is 0.305 e. The Hall–Kier alpha value is -2.48. The van der Waals surface area contributed by atoms with Gasteiger partial charge in [0.25, 0.3) is 0 Å². The van der Waals surface area contributed by atoms with Crippen LogP contribution in [0.3, 0.4) is 0 Å². The fourth-order valence-electron chi connectivity index (χ4n) is 6.17. The van der Waals surface area contributed by atoms with Gasteiger partial charge in [-0.15, -0.1) is 0 Å². The van der Waals surface area contributed by atoms with Gasteiger partial charge in [0.2, 0.25) is 0 Å².